The minimum Gasteiger partial charge on any atom is -0.480 e. The van der Waals surface area contributed by atoms with Gasteiger partial charge in [-0.1, -0.05) is 0 Å². The normalized spacial score (nSPS) is 18.3. The second-order valence-electron chi connectivity index (χ2n) is 3.00. The molecule has 12 heavy (non-hydrogen) atoms. The van der Waals surface area contributed by atoms with Crippen LogP contribution in [0.3, 0.4) is 0 Å². The van der Waals surface area contributed by atoms with Crippen LogP contribution in [0, 0.1) is 0 Å². The molecule has 0 aliphatic carbocycles. The number of aliphatic carboxylic acids is 1. The number of hydrogen-bond acceptors (Lipinski definition) is 3. The van der Waals surface area contributed by atoms with E-state index in [0.29, 0.717) is 6.61 Å². The zero-order valence-corrected chi connectivity index (χ0v) is 7.16. The molecule has 1 rings (SSSR count). The fraction of sp³-hybridized carbons (Fsp3) is 0.875. The van der Waals surface area contributed by atoms with Gasteiger partial charge in [0, 0.05) is 6.54 Å². The Labute approximate surface area is 72.1 Å². The molecule has 0 bridgehead atoms. The second kappa shape index (κ2) is 5.11. The van der Waals surface area contributed by atoms with Crippen LogP contribution in [0.25, 0.3) is 0 Å². The lowest BCUT2D eigenvalue weighted by molar-refractivity contribution is -0.142. The molecule has 1 fully saturated rings. The zero-order chi connectivity index (χ0) is 8.81. The first kappa shape index (κ1) is 9.48. The maximum Gasteiger partial charge on any atom is 0.329 e. The summed E-state index contributed by atoms with van der Waals surface area (Å²) in [7, 11) is 0. The summed E-state index contributed by atoms with van der Waals surface area (Å²) in [6.45, 7) is 3.50. The molecular formula is C8H15NO3. The third kappa shape index (κ3) is 3.69. The van der Waals surface area contributed by atoms with Crippen LogP contribution in [0.5, 0.6) is 0 Å². The van der Waals surface area contributed by atoms with Gasteiger partial charge in [0.25, 0.3) is 0 Å². The van der Waals surface area contributed by atoms with Crippen molar-refractivity contribution in [3.8, 4) is 0 Å². The molecular weight excluding hydrogens is 158 g/mol. The molecule has 0 spiro atoms. The number of ether oxygens (including phenoxy) is 1. The summed E-state index contributed by atoms with van der Waals surface area (Å²) in [4.78, 5) is 12.4. The van der Waals surface area contributed by atoms with Crippen LogP contribution in [0.15, 0.2) is 0 Å². The van der Waals surface area contributed by atoms with Crippen molar-refractivity contribution in [1.82, 2.24) is 4.90 Å². The summed E-state index contributed by atoms with van der Waals surface area (Å²) >= 11 is 0. The van der Waals surface area contributed by atoms with Gasteiger partial charge in [-0.25, -0.2) is 4.79 Å². The van der Waals surface area contributed by atoms with Crippen LogP contribution in [0.2, 0.25) is 0 Å². The molecule has 0 aromatic carbocycles. The standard InChI is InChI=1S/C8H15NO3/c10-8(11)7-12-6-5-9-3-1-2-4-9/h1-7H2,(H,10,11). The van der Waals surface area contributed by atoms with Crippen molar-refractivity contribution in [2.45, 2.75) is 12.8 Å². The molecule has 1 aliphatic heterocycles. The molecule has 0 aromatic rings. The number of carbonyl (C=O) groups is 1. The monoisotopic (exact) mass is 173 g/mol. The highest BCUT2D eigenvalue weighted by atomic mass is 16.5. The molecule has 4 nitrogen and oxygen atoms in total. The van der Waals surface area contributed by atoms with E-state index in [9.17, 15) is 4.79 Å². The number of nitrogens with zero attached hydrogens (tertiary/aromatic N) is 1. The van der Waals surface area contributed by atoms with Gasteiger partial charge in [-0.2, -0.15) is 0 Å². The van der Waals surface area contributed by atoms with Gasteiger partial charge in [-0.05, 0) is 25.9 Å². The first-order valence-electron chi connectivity index (χ1n) is 4.31. The van der Waals surface area contributed by atoms with Crippen LogP contribution in [0.1, 0.15) is 12.8 Å². The molecule has 4 heteroatoms. The Balaban J connectivity index is 1.91. The molecule has 1 aliphatic rings. The highest BCUT2D eigenvalue weighted by molar-refractivity contribution is 5.67. The van der Waals surface area contributed by atoms with E-state index < -0.39 is 5.97 Å². The van der Waals surface area contributed by atoms with Crippen molar-refractivity contribution >= 4 is 5.97 Å². The van der Waals surface area contributed by atoms with Crippen LogP contribution in [-0.4, -0.2) is 48.8 Å². The Kier molecular flexibility index (Phi) is 4.04. The third-order valence-corrected chi connectivity index (χ3v) is 1.98. The number of carboxylic acid groups (broad SMARTS) is 1. The van der Waals surface area contributed by atoms with E-state index in [2.05, 4.69) is 4.90 Å². The van der Waals surface area contributed by atoms with Crippen molar-refractivity contribution < 1.29 is 14.6 Å². The summed E-state index contributed by atoms with van der Waals surface area (Å²) in [6.07, 6.45) is 2.53. The number of likely N-dealkylation sites (tertiary alicyclic amines) is 1. The number of carboxylic acids is 1. The lowest BCUT2D eigenvalue weighted by Gasteiger charge is -2.13. The lowest BCUT2D eigenvalue weighted by atomic mass is 10.4. The van der Waals surface area contributed by atoms with Crippen molar-refractivity contribution in [1.29, 1.82) is 0 Å². The maximum absolute atomic E-state index is 10.1. The Morgan fingerprint density at radius 1 is 1.42 bits per heavy atom. The van der Waals surface area contributed by atoms with Gasteiger partial charge in [0.1, 0.15) is 6.61 Å². The minimum atomic E-state index is -0.892. The zero-order valence-electron chi connectivity index (χ0n) is 7.16. The minimum absolute atomic E-state index is 0.173. The third-order valence-electron chi connectivity index (χ3n) is 1.98. The van der Waals surface area contributed by atoms with Gasteiger partial charge < -0.3 is 14.7 Å². The van der Waals surface area contributed by atoms with Crippen molar-refractivity contribution in [2.24, 2.45) is 0 Å². The molecule has 0 saturated carbocycles. The highest BCUT2D eigenvalue weighted by Gasteiger charge is 2.10. The summed E-state index contributed by atoms with van der Waals surface area (Å²) in [6, 6.07) is 0. The average molecular weight is 173 g/mol. The van der Waals surface area contributed by atoms with Crippen molar-refractivity contribution in [3.05, 3.63) is 0 Å². The predicted molar refractivity (Wildman–Crippen MR) is 44.1 cm³/mol. The van der Waals surface area contributed by atoms with Crippen LogP contribution < -0.4 is 0 Å². The van der Waals surface area contributed by atoms with Crippen molar-refractivity contribution in [2.75, 3.05) is 32.8 Å². The Bertz CT molecular complexity index is 143. The van der Waals surface area contributed by atoms with Crippen LogP contribution in [0.4, 0.5) is 0 Å². The van der Waals surface area contributed by atoms with Gasteiger partial charge in [0.2, 0.25) is 0 Å². The largest absolute Gasteiger partial charge is 0.480 e. The first-order chi connectivity index (χ1) is 5.79. The topological polar surface area (TPSA) is 49.8 Å². The van der Waals surface area contributed by atoms with Crippen LogP contribution in [-0.2, 0) is 9.53 Å². The predicted octanol–water partition coefficient (Wildman–Crippen LogP) is 0.183. The molecule has 1 saturated heterocycles. The molecule has 0 unspecified atom stereocenters. The first-order valence-corrected chi connectivity index (χ1v) is 4.31. The van der Waals surface area contributed by atoms with E-state index >= 15 is 0 Å². The number of hydrogen-bond donors (Lipinski definition) is 1. The van der Waals surface area contributed by atoms with Crippen molar-refractivity contribution in [3.63, 3.8) is 0 Å². The van der Waals surface area contributed by atoms with E-state index in [-0.39, 0.29) is 6.61 Å². The molecule has 0 radical (unpaired) electrons. The van der Waals surface area contributed by atoms with Gasteiger partial charge >= 0.3 is 5.97 Å². The molecule has 0 amide bonds. The smallest absolute Gasteiger partial charge is 0.329 e. The van der Waals surface area contributed by atoms with E-state index in [4.69, 9.17) is 9.84 Å². The fourth-order valence-corrected chi connectivity index (χ4v) is 1.36. The summed E-state index contributed by atoms with van der Waals surface area (Å²) < 4.78 is 4.92. The van der Waals surface area contributed by atoms with Gasteiger partial charge in [0.15, 0.2) is 0 Å². The lowest BCUT2D eigenvalue weighted by Crippen LogP contribution is -2.25. The van der Waals surface area contributed by atoms with E-state index in [1.165, 1.54) is 12.8 Å². The van der Waals surface area contributed by atoms with Gasteiger partial charge in [-0.3, -0.25) is 0 Å². The van der Waals surface area contributed by atoms with E-state index in [1.807, 2.05) is 0 Å². The fourth-order valence-electron chi connectivity index (χ4n) is 1.36. The molecule has 0 aromatic heterocycles. The SMILES string of the molecule is O=C(O)COCCN1CCCC1. The highest BCUT2D eigenvalue weighted by Crippen LogP contribution is 2.05. The summed E-state index contributed by atoms with van der Waals surface area (Å²) in [5.74, 6) is -0.892. The summed E-state index contributed by atoms with van der Waals surface area (Å²) in [5.41, 5.74) is 0. The van der Waals surface area contributed by atoms with Gasteiger partial charge in [-0.15, -0.1) is 0 Å². The van der Waals surface area contributed by atoms with Gasteiger partial charge in [0.05, 0.1) is 6.61 Å². The Morgan fingerprint density at radius 3 is 2.67 bits per heavy atom. The average Bonchev–Trinajstić information content (AvgIpc) is 2.49. The van der Waals surface area contributed by atoms with E-state index in [0.717, 1.165) is 19.6 Å². The second-order valence-corrected chi connectivity index (χ2v) is 3.00. The van der Waals surface area contributed by atoms with E-state index in [1.54, 1.807) is 0 Å². The maximum atomic E-state index is 10.1. The Morgan fingerprint density at radius 2 is 2.08 bits per heavy atom. The number of rotatable bonds is 5. The quantitative estimate of drug-likeness (QED) is 0.603. The molecule has 1 heterocycles. The Hall–Kier alpha value is -0.610. The van der Waals surface area contributed by atoms with Crippen LogP contribution >= 0.6 is 0 Å². The molecule has 1 N–H and O–H groups in total. The molecule has 0 atom stereocenters. The molecule has 70 valence electrons. The summed E-state index contributed by atoms with van der Waals surface area (Å²) in [5, 5.41) is 8.27.